The molecule has 1 aromatic rings. The van der Waals surface area contributed by atoms with Crippen LogP contribution in [-0.2, 0) is 10.0 Å². The van der Waals surface area contributed by atoms with E-state index in [1.165, 1.54) is 28.6 Å². The zero-order chi connectivity index (χ0) is 13.1. The highest BCUT2D eigenvalue weighted by Crippen LogP contribution is 2.16. The maximum Gasteiger partial charge on any atom is 0.335 e. The lowest BCUT2D eigenvalue weighted by molar-refractivity contribution is 0.0696. The molecule has 6 heteroatoms. The van der Waals surface area contributed by atoms with Crippen molar-refractivity contribution in [1.29, 1.82) is 0 Å². The van der Waals surface area contributed by atoms with Gasteiger partial charge in [-0.25, -0.2) is 13.2 Å². The zero-order valence-electron chi connectivity index (χ0n) is 9.75. The van der Waals surface area contributed by atoms with Crippen LogP contribution in [0.3, 0.4) is 0 Å². The molecule has 0 saturated heterocycles. The minimum absolute atomic E-state index is 0.0149. The van der Waals surface area contributed by atoms with Crippen molar-refractivity contribution in [2.45, 2.75) is 18.7 Å². The third-order valence-electron chi connectivity index (χ3n) is 2.42. The maximum atomic E-state index is 12.1. The maximum absolute atomic E-state index is 12.1. The number of carboxylic acid groups (broad SMARTS) is 1. The van der Waals surface area contributed by atoms with Gasteiger partial charge in [0.15, 0.2) is 0 Å². The summed E-state index contributed by atoms with van der Waals surface area (Å²) in [5.74, 6) is -1.14. The van der Waals surface area contributed by atoms with Crippen LogP contribution in [0.25, 0.3) is 0 Å². The molecule has 0 amide bonds. The highest BCUT2D eigenvalue weighted by molar-refractivity contribution is 7.89. The van der Waals surface area contributed by atoms with Crippen LogP contribution < -0.4 is 0 Å². The minimum Gasteiger partial charge on any atom is -0.478 e. The van der Waals surface area contributed by atoms with Gasteiger partial charge in [0.2, 0.25) is 10.0 Å². The molecule has 0 aliphatic rings. The Labute approximate surface area is 101 Å². The van der Waals surface area contributed by atoms with Crippen molar-refractivity contribution in [2.75, 3.05) is 13.1 Å². The van der Waals surface area contributed by atoms with E-state index >= 15 is 0 Å². The Bertz CT molecular complexity index is 506. The molecule has 0 aromatic heterocycles. The van der Waals surface area contributed by atoms with E-state index in [-0.39, 0.29) is 10.5 Å². The van der Waals surface area contributed by atoms with Gasteiger partial charge in [0.1, 0.15) is 0 Å². The van der Waals surface area contributed by atoms with Crippen LogP contribution in [0.4, 0.5) is 0 Å². The predicted molar refractivity (Wildman–Crippen MR) is 63.5 cm³/mol. The van der Waals surface area contributed by atoms with Crippen LogP contribution in [0, 0.1) is 0 Å². The average molecular weight is 257 g/mol. The first-order chi connectivity index (χ1) is 7.93. The van der Waals surface area contributed by atoms with E-state index in [0.717, 1.165) is 0 Å². The molecular formula is C11H15NO4S. The summed E-state index contributed by atoms with van der Waals surface area (Å²) < 4.78 is 25.5. The average Bonchev–Trinajstić information content (AvgIpc) is 2.30. The number of aromatic carboxylic acids is 1. The van der Waals surface area contributed by atoms with Gasteiger partial charge >= 0.3 is 5.97 Å². The first kappa shape index (κ1) is 13.7. The number of sulfonamides is 1. The fraction of sp³-hybridized carbons (Fsp3) is 0.364. The van der Waals surface area contributed by atoms with Crippen molar-refractivity contribution in [3.63, 3.8) is 0 Å². The van der Waals surface area contributed by atoms with Gasteiger partial charge in [0.05, 0.1) is 10.5 Å². The molecule has 0 atom stereocenters. The Morgan fingerprint density at radius 3 is 2.35 bits per heavy atom. The van der Waals surface area contributed by atoms with E-state index in [4.69, 9.17) is 5.11 Å². The van der Waals surface area contributed by atoms with Crippen LogP contribution in [0.5, 0.6) is 0 Å². The molecule has 0 bridgehead atoms. The molecule has 0 aliphatic carbocycles. The third-order valence-corrected chi connectivity index (χ3v) is 4.47. The van der Waals surface area contributed by atoms with Crippen LogP contribution in [-0.4, -0.2) is 36.9 Å². The predicted octanol–water partition coefficient (Wildman–Crippen LogP) is 1.42. The second-order valence-corrected chi connectivity index (χ2v) is 5.36. The van der Waals surface area contributed by atoms with Gasteiger partial charge in [-0.3, -0.25) is 0 Å². The SMILES string of the molecule is CCN(CC)S(=O)(=O)c1cccc(C(=O)O)c1. The van der Waals surface area contributed by atoms with Gasteiger partial charge < -0.3 is 5.11 Å². The molecule has 94 valence electrons. The summed E-state index contributed by atoms with van der Waals surface area (Å²) in [5, 5.41) is 8.82. The largest absolute Gasteiger partial charge is 0.478 e. The molecule has 0 spiro atoms. The van der Waals surface area contributed by atoms with Crippen molar-refractivity contribution in [2.24, 2.45) is 0 Å². The number of nitrogens with zero attached hydrogens (tertiary/aromatic N) is 1. The Hall–Kier alpha value is -1.40. The van der Waals surface area contributed by atoms with Crippen molar-refractivity contribution >= 4 is 16.0 Å². The zero-order valence-corrected chi connectivity index (χ0v) is 10.6. The van der Waals surface area contributed by atoms with E-state index < -0.39 is 16.0 Å². The van der Waals surface area contributed by atoms with E-state index in [1.807, 2.05) is 0 Å². The normalized spacial score (nSPS) is 11.7. The minimum atomic E-state index is -3.59. The first-order valence-electron chi connectivity index (χ1n) is 5.27. The first-order valence-corrected chi connectivity index (χ1v) is 6.71. The summed E-state index contributed by atoms with van der Waals surface area (Å²) in [7, 11) is -3.59. The van der Waals surface area contributed by atoms with E-state index in [0.29, 0.717) is 13.1 Å². The van der Waals surface area contributed by atoms with E-state index in [9.17, 15) is 13.2 Å². The van der Waals surface area contributed by atoms with E-state index in [1.54, 1.807) is 13.8 Å². The molecule has 17 heavy (non-hydrogen) atoms. The monoisotopic (exact) mass is 257 g/mol. The Morgan fingerprint density at radius 1 is 1.29 bits per heavy atom. The van der Waals surface area contributed by atoms with Crippen molar-refractivity contribution in [3.05, 3.63) is 29.8 Å². The molecule has 0 fully saturated rings. The quantitative estimate of drug-likeness (QED) is 0.865. The van der Waals surface area contributed by atoms with Gasteiger partial charge in [-0.15, -0.1) is 0 Å². The summed E-state index contributed by atoms with van der Waals surface area (Å²) in [5.41, 5.74) is -0.0294. The standard InChI is InChI=1S/C11H15NO4S/c1-3-12(4-2)17(15,16)10-7-5-6-9(8-10)11(13)14/h5-8H,3-4H2,1-2H3,(H,13,14). The highest BCUT2D eigenvalue weighted by atomic mass is 32.2. The molecule has 0 saturated carbocycles. The second kappa shape index (κ2) is 5.29. The van der Waals surface area contributed by atoms with Crippen molar-refractivity contribution < 1.29 is 18.3 Å². The number of rotatable bonds is 5. The number of benzene rings is 1. The van der Waals surface area contributed by atoms with Gasteiger partial charge in [0, 0.05) is 13.1 Å². The number of hydrogen-bond acceptors (Lipinski definition) is 3. The molecule has 0 heterocycles. The molecule has 1 rings (SSSR count). The Kier molecular flexibility index (Phi) is 4.25. The second-order valence-electron chi connectivity index (χ2n) is 3.42. The van der Waals surface area contributed by atoms with Crippen molar-refractivity contribution in [3.8, 4) is 0 Å². The molecule has 1 aromatic carbocycles. The van der Waals surface area contributed by atoms with Crippen molar-refractivity contribution in [1.82, 2.24) is 4.31 Å². The third kappa shape index (κ3) is 2.83. The summed E-state index contributed by atoms with van der Waals surface area (Å²) in [6, 6.07) is 5.37. The summed E-state index contributed by atoms with van der Waals surface area (Å²) in [4.78, 5) is 10.8. The molecule has 0 unspecified atom stereocenters. The number of carboxylic acids is 1. The number of carbonyl (C=O) groups is 1. The summed E-state index contributed by atoms with van der Waals surface area (Å²) in [6.07, 6.45) is 0. The Morgan fingerprint density at radius 2 is 1.88 bits per heavy atom. The van der Waals surface area contributed by atoms with E-state index in [2.05, 4.69) is 0 Å². The summed E-state index contributed by atoms with van der Waals surface area (Å²) >= 11 is 0. The fourth-order valence-corrected chi connectivity index (χ4v) is 3.01. The molecule has 0 aliphatic heterocycles. The lowest BCUT2D eigenvalue weighted by atomic mass is 10.2. The molecule has 1 N–H and O–H groups in total. The highest BCUT2D eigenvalue weighted by Gasteiger charge is 2.22. The van der Waals surface area contributed by atoms with Crippen LogP contribution in [0.2, 0.25) is 0 Å². The Balaban J connectivity index is 3.24. The smallest absolute Gasteiger partial charge is 0.335 e. The lowest BCUT2D eigenvalue weighted by Gasteiger charge is -2.18. The van der Waals surface area contributed by atoms with Gasteiger partial charge in [0.25, 0.3) is 0 Å². The molecular weight excluding hydrogens is 242 g/mol. The molecule has 0 radical (unpaired) electrons. The topological polar surface area (TPSA) is 74.7 Å². The van der Waals surface area contributed by atoms with Gasteiger partial charge in [-0.2, -0.15) is 4.31 Å². The van der Waals surface area contributed by atoms with Crippen LogP contribution >= 0.6 is 0 Å². The van der Waals surface area contributed by atoms with Crippen LogP contribution in [0.1, 0.15) is 24.2 Å². The molecule has 5 nitrogen and oxygen atoms in total. The fourth-order valence-electron chi connectivity index (χ4n) is 1.50. The van der Waals surface area contributed by atoms with Gasteiger partial charge in [-0.05, 0) is 18.2 Å². The van der Waals surface area contributed by atoms with Crippen LogP contribution in [0.15, 0.2) is 29.2 Å². The number of hydrogen-bond donors (Lipinski definition) is 1. The van der Waals surface area contributed by atoms with Gasteiger partial charge in [-0.1, -0.05) is 19.9 Å². The summed E-state index contributed by atoms with van der Waals surface area (Å²) in [6.45, 7) is 4.19. The lowest BCUT2D eigenvalue weighted by Crippen LogP contribution is -2.30.